The van der Waals surface area contributed by atoms with Crippen LogP contribution in [0, 0.1) is 11.8 Å². The van der Waals surface area contributed by atoms with E-state index >= 15 is 0 Å². The molecule has 0 spiro atoms. The van der Waals surface area contributed by atoms with Gasteiger partial charge in [-0.25, -0.2) is 0 Å². The number of ketones is 1. The molecule has 0 saturated carbocycles. The Labute approximate surface area is 141 Å². The van der Waals surface area contributed by atoms with E-state index in [0.29, 0.717) is 5.75 Å². The number of methoxy groups -OCH3 is 1. The van der Waals surface area contributed by atoms with Gasteiger partial charge in [0.1, 0.15) is 17.6 Å². The van der Waals surface area contributed by atoms with Crippen molar-refractivity contribution in [3.8, 4) is 5.75 Å². The second kappa shape index (κ2) is 7.95. The minimum absolute atomic E-state index is 0.160. The summed E-state index contributed by atoms with van der Waals surface area (Å²) in [6.07, 6.45) is 0.354. The number of hydrogen-bond donors (Lipinski definition) is 0. The van der Waals surface area contributed by atoms with Gasteiger partial charge in [0, 0.05) is 0 Å². The van der Waals surface area contributed by atoms with Gasteiger partial charge in [0.25, 0.3) is 0 Å². The van der Waals surface area contributed by atoms with Crippen LogP contribution in [0.2, 0.25) is 0 Å². The summed E-state index contributed by atoms with van der Waals surface area (Å²) in [5.41, 5.74) is 1.57. The van der Waals surface area contributed by atoms with Crippen molar-refractivity contribution in [3.63, 3.8) is 0 Å². The van der Waals surface area contributed by atoms with Gasteiger partial charge in [-0.1, -0.05) is 12.1 Å². The molecule has 1 aromatic rings. The quantitative estimate of drug-likeness (QED) is 0.463. The van der Waals surface area contributed by atoms with Crippen LogP contribution in [-0.2, 0) is 36.7 Å². The first kappa shape index (κ1) is 18.0. The van der Waals surface area contributed by atoms with Crippen molar-refractivity contribution in [2.75, 3.05) is 20.3 Å². The fourth-order valence-corrected chi connectivity index (χ4v) is 2.98. The lowest BCUT2D eigenvalue weighted by Gasteiger charge is -2.16. The average Bonchev–Trinajstić information content (AvgIpc) is 2.72. The van der Waals surface area contributed by atoms with Crippen LogP contribution in [0.15, 0.2) is 18.2 Å². The topological polar surface area (TPSA) is 78.9 Å². The number of rotatable bonds is 5. The van der Waals surface area contributed by atoms with Crippen LogP contribution in [-0.4, -0.2) is 38.0 Å². The van der Waals surface area contributed by atoms with Crippen LogP contribution in [0.1, 0.15) is 25.0 Å². The zero-order chi connectivity index (χ0) is 17.7. The maximum atomic E-state index is 12.8. The van der Waals surface area contributed by atoms with Crippen LogP contribution in [0.5, 0.6) is 5.75 Å². The Bertz CT molecular complexity index is 636. The first-order valence-corrected chi connectivity index (χ1v) is 8.05. The maximum absolute atomic E-state index is 12.8. The molecule has 0 saturated heterocycles. The Morgan fingerprint density at radius 1 is 1.04 bits per heavy atom. The molecular weight excluding hydrogens is 312 g/mol. The van der Waals surface area contributed by atoms with Gasteiger partial charge in [-0.05, 0) is 43.9 Å². The molecule has 0 aromatic heterocycles. The van der Waals surface area contributed by atoms with Crippen molar-refractivity contribution < 1.29 is 28.6 Å². The molecule has 130 valence electrons. The van der Waals surface area contributed by atoms with E-state index in [2.05, 4.69) is 0 Å². The molecule has 0 heterocycles. The number of Topliss-reactive ketones (excluding diaryl/α,β-unsaturated/α-hetero) is 1. The molecule has 6 heteroatoms. The molecule has 0 bridgehead atoms. The van der Waals surface area contributed by atoms with Gasteiger partial charge in [-0.3, -0.25) is 14.4 Å². The molecule has 1 aliphatic rings. The minimum Gasteiger partial charge on any atom is -0.496 e. The molecule has 0 amide bonds. The molecule has 24 heavy (non-hydrogen) atoms. The lowest BCUT2D eigenvalue weighted by Crippen LogP contribution is -2.36. The molecule has 6 nitrogen and oxygen atoms in total. The van der Waals surface area contributed by atoms with Crippen molar-refractivity contribution >= 4 is 17.7 Å². The van der Waals surface area contributed by atoms with Gasteiger partial charge < -0.3 is 14.2 Å². The van der Waals surface area contributed by atoms with E-state index < -0.39 is 29.6 Å². The highest BCUT2D eigenvalue weighted by molar-refractivity contribution is 6.09. The zero-order valence-corrected chi connectivity index (χ0v) is 14.2. The van der Waals surface area contributed by atoms with Crippen molar-refractivity contribution in [1.29, 1.82) is 0 Å². The second-order valence-corrected chi connectivity index (χ2v) is 5.52. The number of ether oxygens (including phenoxy) is 3. The Morgan fingerprint density at radius 2 is 1.62 bits per heavy atom. The van der Waals surface area contributed by atoms with Crippen LogP contribution >= 0.6 is 0 Å². The molecular formula is C18H22O6. The first-order chi connectivity index (χ1) is 11.5. The molecule has 1 aliphatic carbocycles. The van der Waals surface area contributed by atoms with E-state index in [1.54, 1.807) is 26.0 Å². The van der Waals surface area contributed by atoms with E-state index in [0.717, 1.165) is 11.1 Å². The monoisotopic (exact) mass is 334 g/mol. The predicted molar refractivity (Wildman–Crippen MR) is 85.7 cm³/mol. The molecule has 2 atom stereocenters. The Balaban J connectivity index is 2.47. The highest BCUT2D eigenvalue weighted by atomic mass is 16.5. The average molecular weight is 334 g/mol. The Hall–Kier alpha value is -2.37. The fraction of sp³-hybridized carbons (Fsp3) is 0.500. The number of benzene rings is 1. The summed E-state index contributed by atoms with van der Waals surface area (Å²) in [4.78, 5) is 37.3. The molecule has 0 unspecified atom stereocenters. The summed E-state index contributed by atoms with van der Waals surface area (Å²) in [5, 5.41) is 0. The first-order valence-electron chi connectivity index (χ1n) is 8.05. The predicted octanol–water partition coefficient (Wildman–Crippen LogP) is 1.72. The van der Waals surface area contributed by atoms with Gasteiger partial charge in [0.05, 0.1) is 20.3 Å². The van der Waals surface area contributed by atoms with Gasteiger partial charge in [0.15, 0.2) is 5.78 Å². The third-order valence-corrected chi connectivity index (χ3v) is 4.11. The highest BCUT2D eigenvalue weighted by Crippen LogP contribution is 2.33. The number of carbonyl (C=O) groups is 3. The summed E-state index contributed by atoms with van der Waals surface area (Å²) in [6, 6.07) is 5.41. The lowest BCUT2D eigenvalue weighted by molar-refractivity contribution is -0.157. The van der Waals surface area contributed by atoms with Gasteiger partial charge in [-0.2, -0.15) is 0 Å². The number of fused-ring (bicyclic) bond motifs is 1. The summed E-state index contributed by atoms with van der Waals surface area (Å²) in [5.74, 6) is -3.11. The summed E-state index contributed by atoms with van der Waals surface area (Å²) in [6.45, 7) is 3.71. The summed E-state index contributed by atoms with van der Waals surface area (Å²) >= 11 is 0. The van der Waals surface area contributed by atoms with Gasteiger partial charge >= 0.3 is 11.9 Å². The van der Waals surface area contributed by atoms with Crippen molar-refractivity contribution in [2.24, 2.45) is 11.8 Å². The zero-order valence-electron chi connectivity index (χ0n) is 14.2. The lowest BCUT2D eigenvalue weighted by atomic mass is 9.90. The SMILES string of the molecule is CCOC(=O)[C@@H]1Cc2cccc(OC)c2C[C@@H](C(=O)OCC)C1=O. The standard InChI is InChI=1S/C18H22O6/c1-4-23-17(20)13-9-11-7-6-8-15(22-3)12(11)10-14(16(13)19)18(21)24-5-2/h6-8,13-14H,4-5,9-10H2,1-3H3/t13-,14-/m1/s1. The van der Waals surface area contributed by atoms with Crippen molar-refractivity contribution in [3.05, 3.63) is 29.3 Å². The largest absolute Gasteiger partial charge is 0.496 e. The summed E-state index contributed by atoms with van der Waals surface area (Å²) in [7, 11) is 1.53. The third-order valence-electron chi connectivity index (χ3n) is 4.11. The van der Waals surface area contributed by atoms with Crippen LogP contribution < -0.4 is 4.74 Å². The van der Waals surface area contributed by atoms with Gasteiger partial charge in [-0.15, -0.1) is 0 Å². The molecule has 0 N–H and O–H groups in total. The molecule has 2 rings (SSSR count). The van der Waals surface area contributed by atoms with Crippen LogP contribution in [0.25, 0.3) is 0 Å². The minimum atomic E-state index is -1.03. The van der Waals surface area contributed by atoms with E-state index in [4.69, 9.17) is 14.2 Å². The second-order valence-electron chi connectivity index (χ2n) is 5.52. The molecule has 0 fully saturated rings. The number of carbonyl (C=O) groups excluding carboxylic acids is 3. The molecule has 0 radical (unpaired) electrons. The van der Waals surface area contributed by atoms with E-state index in [9.17, 15) is 14.4 Å². The fourth-order valence-electron chi connectivity index (χ4n) is 2.98. The number of hydrogen-bond acceptors (Lipinski definition) is 6. The maximum Gasteiger partial charge on any atom is 0.316 e. The van der Waals surface area contributed by atoms with Crippen molar-refractivity contribution in [2.45, 2.75) is 26.7 Å². The molecule has 0 aliphatic heterocycles. The Kier molecular flexibility index (Phi) is 5.95. The van der Waals surface area contributed by atoms with E-state index in [1.165, 1.54) is 7.11 Å². The van der Waals surface area contributed by atoms with E-state index in [1.807, 2.05) is 6.07 Å². The Morgan fingerprint density at radius 3 is 2.17 bits per heavy atom. The third kappa shape index (κ3) is 3.58. The van der Waals surface area contributed by atoms with Crippen LogP contribution in [0.4, 0.5) is 0 Å². The molecule has 1 aromatic carbocycles. The van der Waals surface area contributed by atoms with Crippen molar-refractivity contribution in [1.82, 2.24) is 0 Å². The van der Waals surface area contributed by atoms with Crippen LogP contribution in [0.3, 0.4) is 0 Å². The smallest absolute Gasteiger partial charge is 0.316 e. The number of esters is 2. The highest BCUT2D eigenvalue weighted by Gasteiger charge is 2.41. The van der Waals surface area contributed by atoms with E-state index in [-0.39, 0.29) is 26.1 Å². The normalized spacial score (nSPS) is 19.9. The summed E-state index contributed by atoms with van der Waals surface area (Å²) < 4.78 is 15.4. The van der Waals surface area contributed by atoms with Gasteiger partial charge in [0.2, 0.25) is 0 Å².